The van der Waals surface area contributed by atoms with Crippen LogP contribution in [0.15, 0.2) is 71.2 Å². The van der Waals surface area contributed by atoms with Gasteiger partial charge in [-0.25, -0.2) is 0 Å². The van der Waals surface area contributed by atoms with Crippen LogP contribution < -0.4 is 4.90 Å². The summed E-state index contributed by atoms with van der Waals surface area (Å²) in [5, 5.41) is 0. The third-order valence-electron chi connectivity index (χ3n) is 5.02. The van der Waals surface area contributed by atoms with Gasteiger partial charge >= 0.3 is 0 Å². The second-order valence-corrected chi connectivity index (χ2v) is 7.33. The molecule has 5 rings (SSSR count). The number of fused-ring (bicyclic) bond motifs is 5. The van der Waals surface area contributed by atoms with Crippen molar-refractivity contribution in [3.8, 4) is 11.1 Å². The fourth-order valence-electron chi connectivity index (χ4n) is 4.03. The van der Waals surface area contributed by atoms with E-state index in [1.165, 1.54) is 38.1 Å². The number of hydrogen-bond acceptors (Lipinski definition) is 1. The topological polar surface area (TPSA) is 3.24 Å². The second kappa shape index (κ2) is 4.97. The van der Waals surface area contributed by atoms with Crippen molar-refractivity contribution in [2.24, 2.45) is 0 Å². The van der Waals surface area contributed by atoms with Gasteiger partial charge in [-0.05, 0) is 65.4 Å². The lowest BCUT2D eigenvalue weighted by atomic mass is 9.99. The lowest BCUT2D eigenvalue weighted by molar-refractivity contribution is 0.725. The zero-order valence-corrected chi connectivity index (χ0v) is 14.3. The van der Waals surface area contributed by atoms with E-state index in [2.05, 4.69) is 87.6 Å². The van der Waals surface area contributed by atoms with Crippen LogP contribution in [0, 0.1) is 0 Å². The molecule has 1 nitrogen and oxygen atoms in total. The summed E-state index contributed by atoms with van der Waals surface area (Å²) in [6, 6.07) is 24.8. The third kappa shape index (κ3) is 2.05. The Bertz CT molecular complexity index is 901. The molecule has 2 aliphatic heterocycles. The molecule has 3 aromatic carbocycles. The van der Waals surface area contributed by atoms with Gasteiger partial charge in [0.1, 0.15) is 0 Å². The molecule has 0 aromatic heterocycles. The molecule has 23 heavy (non-hydrogen) atoms. The highest BCUT2D eigenvalue weighted by molar-refractivity contribution is 9.10. The average molecular weight is 362 g/mol. The monoisotopic (exact) mass is 361 g/mol. The summed E-state index contributed by atoms with van der Waals surface area (Å²) in [5.74, 6) is 0. The normalized spacial score (nSPS) is 17.8. The van der Waals surface area contributed by atoms with E-state index in [-0.39, 0.29) is 0 Å². The van der Waals surface area contributed by atoms with Gasteiger partial charge in [0, 0.05) is 21.9 Å². The predicted molar refractivity (Wildman–Crippen MR) is 99.4 cm³/mol. The van der Waals surface area contributed by atoms with Crippen LogP contribution in [0.3, 0.4) is 0 Å². The van der Waals surface area contributed by atoms with Gasteiger partial charge in [-0.15, -0.1) is 0 Å². The summed E-state index contributed by atoms with van der Waals surface area (Å²) in [6.45, 7) is 0. The summed E-state index contributed by atoms with van der Waals surface area (Å²) < 4.78 is 1.18. The minimum absolute atomic E-state index is 0.584. The molecule has 0 N–H and O–H groups in total. The van der Waals surface area contributed by atoms with Gasteiger partial charge < -0.3 is 4.90 Å². The van der Waals surface area contributed by atoms with E-state index >= 15 is 0 Å². The van der Waals surface area contributed by atoms with Gasteiger partial charge in [-0.1, -0.05) is 52.3 Å². The number of rotatable bonds is 1. The highest BCUT2D eigenvalue weighted by Crippen LogP contribution is 2.47. The molecule has 1 unspecified atom stereocenters. The van der Waals surface area contributed by atoms with Crippen LogP contribution in [0.4, 0.5) is 11.4 Å². The maximum atomic E-state index is 3.59. The predicted octanol–water partition coefficient (Wildman–Crippen LogP) is 5.74. The van der Waals surface area contributed by atoms with Crippen molar-refractivity contribution in [2.45, 2.75) is 18.9 Å². The SMILES string of the molecule is Brc1ccc2c(c1)CC1Cc3cc(-c4ccccc4)ccc3N21. The number of nitrogens with zero attached hydrogens (tertiary/aromatic N) is 1. The van der Waals surface area contributed by atoms with Gasteiger partial charge in [0.05, 0.1) is 0 Å². The van der Waals surface area contributed by atoms with Crippen molar-refractivity contribution in [2.75, 3.05) is 4.90 Å². The molecule has 112 valence electrons. The summed E-state index contributed by atoms with van der Waals surface area (Å²) in [4.78, 5) is 2.53. The molecule has 2 heteroatoms. The molecular weight excluding hydrogens is 346 g/mol. The van der Waals surface area contributed by atoms with Crippen molar-refractivity contribution in [3.05, 3.63) is 82.3 Å². The minimum atomic E-state index is 0.584. The standard InChI is InChI=1S/C21H16BrN/c22-18-7-9-21-17(11-18)13-19-12-16-10-15(6-8-20(16)23(19)21)14-4-2-1-3-5-14/h1-11,19H,12-13H2. The van der Waals surface area contributed by atoms with Gasteiger partial charge in [0.25, 0.3) is 0 Å². The van der Waals surface area contributed by atoms with Crippen LogP contribution in [0.25, 0.3) is 11.1 Å². The number of benzene rings is 3. The molecule has 0 saturated carbocycles. The molecule has 0 spiro atoms. The summed E-state index contributed by atoms with van der Waals surface area (Å²) in [5.41, 5.74) is 8.32. The fourth-order valence-corrected chi connectivity index (χ4v) is 4.44. The first-order chi connectivity index (χ1) is 11.3. The molecule has 2 heterocycles. The van der Waals surface area contributed by atoms with E-state index in [4.69, 9.17) is 0 Å². The van der Waals surface area contributed by atoms with E-state index in [0.717, 1.165) is 12.8 Å². The Morgan fingerprint density at radius 2 is 1.43 bits per heavy atom. The number of hydrogen-bond donors (Lipinski definition) is 0. The first-order valence-electron chi connectivity index (χ1n) is 8.05. The van der Waals surface area contributed by atoms with Crippen LogP contribution in [-0.2, 0) is 12.8 Å². The Labute approximate surface area is 144 Å². The van der Waals surface area contributed by atoms with Crippen molar-refractivity contribution in [1.29, 1.82) is 0 Å². The lowest BCUT2D eigenvalue weighted by Crippen LogP contribution is -2.22. The van der Waals surface area contributed by atoms with Gasteiger partial charge in [-0.3, -0.25) is 0 Å². The third-order valence-corrected chi connectivity index (χ3v) is 5.52. The number of halogens is 1. The molecule has 0 fully saturated rings. The fraction of sp³-hybridized carbons (Fsp3) is 0.143. The zero-order chi connectivity index (χ0) is 15.4. The molecule has 0 bridgehead atoms. The van der Waals surface area contributed by atoms with Crippen molar-refractivity contribution < 1.29 is 0 Å². The lowest BCUT2D eigenvalue weighted by Gasteiger charge is -2.20. The minimum Gasteiger partial charge on any atom is -0.337 e. The van der Waals surface area contributed by atoms with E-state index in [1.54, 1.807) is 0 Å². The summed E-state index contributed by atoms with van der Waals surface area (Å²) in [6.07, 6.45) is 2.28. The van der Waals surface area contributed by atoms with Crippen LogP contribution in [0.5, 0.6) is 0 Å². The Balaban J connectivity index is 1.59. The smallest absolute Gasteiger partial charge is 0.0447 e. The van der Waals surface area contributed by atoms with Crippen molar-refractivity contribution in [1.82, 2.24) is 0 Å². The van der Waals surface area contributed by atoms with E-state index in [9.17, 15) is 0 Å². The summed E-state index contributed by atoms with van der Waals surface area (Å²) >= 11 is 3.59. The first-order valence-corrected chi connectivity index (χ1v) is 8.85. The Morgan fingerprint density at radius 1 is 0.739 bits per heavy atom. The maximum Gasteiger partial charge on any atom is 0.0447 e. The van der Waals surface area contributed by atoms with Crippen molar-refractivity contribution >= 4 is 27.3 Å². The van der Waals surface area contributed by atoms with Gasteiger partial charge in [0.2, 0.25) is 0 Å². The average Bonchev–Trinajstić information content (AvgIpc) is 3.09. The highest BCUT2D eigenvalue weighted by Gasteiger charge is 2.36. The molecule has 0 amide bonds. The van der Waals surface area contributed by atoms with E-state index in [1.807, 2.05) is 0 Å². The van der Waals surface area contributed by atoms with Gasteiger partial charge in [-0.2, -0.15) is 0 Å². The molecular formula is C21H16BrN. The Hall–Kier alpha value is -2.06. The van der Waals surface area contributed by atoms with Crippen LogP contribution in [0.2, 0.25) is 0 Å². The molecule has 0 saturated heterocycles. The maximum absolute atomic E-state index is 3.59. The van der Waals surface area contributed by atoms with Gasteiger partial charge in [0.15, 0.2) is 0 Å². The Morgan fingerprint density at radius 3 is 2.22 bits per heavy atom. The van der Waals surface area contributed by atoms with Crippen LogP contribution in [-0.4, -0.2) is 6.04 Å². The van der Waals surface area contributed by atoms with E-state index < -0.39 is 0 Å². The highest BCUT2D eigenvalue weighted by atomic mass is 79.9. The molecule has 2 aliphatic rings. The second-order valence-electron chi connectivity index (χ2n) is 6.41. The zero-order valence-electron chi connectivity index (χ0n) is 12.7. The van der Waals surface area contributed by atoms with Crippen molar-refractivity contribution in [3.63, 3.8) is 0 Å². The molecule has 1 atom stereocenters. The molecule has 0 radical (unpaired) electrons. The largest absolute Gasteiger partial charge is 0.337 e. The first kappa shape index (κ1) is 13.4. The Kier molecular flexibility index (Phi) is 2.89. The number of anilines is 2. The summed E-state index contributed by atoms with van der Waals surface area (Å²) in [7, 11) is 0. The molecule has 0 aliphatic carbocycles. The molecule has 3 aromatic rings. The quantitative estimate of drug-likeness (QED) is 0.534. The van der Waals surface area contributed by atoms with E-state index in [0.29, 0.717) is 6.04 Å². The van der Waals surface area contributed by atoms with Crippen LogP contribution in [0.1, 0.15) is 11.1 Å². The van der Waals surface area contributed by atoms with Crippen LogP contribution >= 0.6 is 15.9 Å².